The van der Waals surface area contributed by atoms with Gasteiger partial charge in [0, 0.05) is 15.8 Å². The van der Waals surface area contributed by atoms with Gasteiger partial charge in [0.15, 0.2) is 0 Å². The number of amides is 2. The number of nitrogens with one attached hydrogen (secondary N) is 2. The average Bonchev–Trinajstić information content (AvgIpc) is 2.90. The van der Waals surface area contributed by atoms with Crippen molar-refractivity contribution in [1.82, 2.24) is 5.32 Å². The second-order valence-electron chi connectivity index (χ2n) is 4.98. The molecule has 2 amide bonds. The number of carbonyl (C=O) groups excluding carboxylic acids is 2. The molecule has 0 atom stereocenters. The Bertz CT molecular complexity index is 926. The van der Waals surface area contributed by atoms with Crippen molar-refractivity contribution < 1.29 is 14.0 Å². The predicted octanol–water partition coefficient (Wildman–Crippen LogP) is 4.06. The molecule has 0 radical (unpaired) electrons. The van der Waals surface area contributed by atoms with Gasteiger partial charge >= 0.3 is 0 Å². The zero-order valence-electron chi connectivity index (χ0n) is 12.3. The van der Waals surface area contributed by atoms with Crippen molar-refractivity contribution in [3.8, 4) is 0 Å². The van der Waals surface area contributed by atoms with Crippen LogP contribution >= 0.6 is 22.9 Å². The van der Waals surface area contributed by atoms with E-state index in [-0.39, 0.29) is 6.54 Å². The monoisotopic (exact) mass is 362 g/mol. The number of thiophene rings is 1. The van der Waals surface area contributed by atoms with Gasteiger partial charge in [-0.1, -0.05) is 35.9 Å². The van der Waals surface area contributed by atoms with Gasteiger partial charge in [0.05, 0.1) is 11.6 Å². The van der Waals surface area contributed by atoms with Crippen LogP contribution < -0.4 is 10.6 Å². The molecule has 24 heavy (non-hydrogen) atoms. The molecule has 1 aromatic heterocycles. The van der Waals surface area contributed by atoms with E-state index < -0.39 is 17.6 Å². The summed E-state index contributed by atoms with van der Waals surface area (Å²) >= 11 is 7.49. The third-order valence-corrected chi connectivity index (χ3v) is 4.93. The molecule has 3 aromatic rings. The van der Waals surface area contributed by atoms with Crippen LogP contribution in [0.15, 0.2) is 48.5 Å². The van der Waals surface area contributed by atoms with Gasteiger partial charge in [-0.15, -0.1) is 11.3 Å². The molecule has 0 saturated heterocycles. The first-order chi connectivity index (χ1) is 11.5. The Morgan fingerprint density at radius 2 is 1.92 bits per heavy atom. The van der Waals surface area contributed by atoms with E-state index in [0.29, 0.717) is 15.6 Å². The van der Waals surface area contributed by atoms with Gasteiger partial charge in [0.2, 0.25) is 5.91 Å². The van der Waals surface area contributed by atoms with Crippen LogP contribution in [0.5, 0.6) is 0 Å². The Morgan fingerprint density at radius 1 is 1.12 bits per heavy atom. The minimum atomic E-state index is -0.453. The number of rotatable bonds is 4. The lowest BCUT2D eigenvalue weighted by Gasteiger charge is -2.06. The first kappa shape index (κ1) is 16.4. The molecule has 0 unspecified atom stereocenters. The molecule has 0 fully saturated rings. The van der Waals surface area contributed by atoms with Crippen molar-refractivity contribution in [3.05, 3.63) is 64.2 Å². The molecule has 0 aliphatic carbocycles. The van der Waals surface area contributed by atoms with Gasteiger partial charge in [0.25, 0.3) is 5.91 Å². The molecule has 0 bridgehead atoms. The van der Waals surface area contributed by atoms with E-state index in [9.17, 15) is 14.0 Å². The third kappa shape index (κ3) is 3.55. The molecule has 2 aromatic carbocycles. The topological polar surface area (TPSA) is 58.2 Å². The van der Waals surface area contributed by atoms with Gasteiger partial charge in [-0.2, -0.15) is 0 Å². The fraction of sp³-hybridized carbons (Fsp3) is 0.0588. The lowest BCUT2D eigenvalue weighted by atomic mass is 10.2. The number of carbonyl (C=O) groups is 2. The summed E-state index contributed by atoms with van der Waals surface area (Å²) in [5.74, 6) is -1.32. The lowest BCUT2D eigenvalue weighted by Crippen LogP contribution is -2.32. The summed E-state index contributed by atoms with van der Waals surface area (Å²) < 4.78 is 14.0. The van der Waals surface area contributed by atoms with Crippen molar-refractivity contribution in [1.29, 1.82) is 0 Å². The summed E-state index contributed by atoms with van der Waals surface area (Å²) in [5, 5.41) is 6.20. The van der Waals surface area contributed by atoms with Crippen molar-refractivity contribution in [2.45, 2.75) is 0 Å². The lowest BCUT2D eigenvalue weighted by molar-refractivity contribution is -0.115. The first-order valence-electron chi connectivity index (χ1n) is 7.05. The van der Waals surface area contributed by atoms with Crippen LogP contribution in [0.1, 0.15) is 9.67 Å². The van der Waals surface area contributed by atoms with Crippen LogP contribution in [0.3, 0.4) is 0 Å². The number of hydrogen-bond acceptors (Lipinski definition) is 3. The van der Waals surface area contributed by atoms with E-state index in [1.165, 1.54) is 29.5 Å². The molecule has 4 nitrogen and oxygen atoms in total. The van der Waals surface area contributed by atoms with Crippen molar-refractivity contribution in [2.24, 2.45) is 0 Å². The zero-order chi connectivity index (χ0) is 17.1. The van der Waals surface area contributed by atoms with Crippen LogP contribution in [-0.2, 0) is 4.79 Å². The number of anilines is 1. The maximum absolute atomic E-state index is 13.1. The molecule has 1 heterocycles. The van der Waals surface area contributed by atoms with Crippen LogP contribution in [0.25, 0.3) is 10.1 Å². The van der Waals surface area contributed by atoms with E-state index in [1.807, 2.05) is 24.3 Å². The second kappa shape index (κ2) is 6.98. The van der Waals surface area contributed by atoms with Crippen molar-refractivity contribution in [3.63, 3.8) is 0 Å². The number of fused-ring (bicyclic) bond motifs is 1. The van der Waals surface area contributed by atoms with Gasteiger partial charge < -0.3 is 10.6 Å². The Labute approximate surface area is 146 Å². The molecule has 2 N–H and O–H groups in total. The summed E-state index contributed by atoms with van der Waals surface area (Å²) in [5.41, 5.74) is 0.328. The maximum atomic E-state index is 13.1. The van der Waals surface area contributed by atoms with Crippen LogP contribution in [-0.4, -0.2) is 18.4 Å². The SMILES string of the molecule is O=C(CNC(=O)c1sc2ccccc2c1Cl)Nc1cccc(F)c1. The summed E-state index contributed by atoms with van der Waals surface area (Å²) in [4.78, 5) is 24.4. The van der Waals surface area contributed by atoms with Crippen LogP contribution in [0.2, 0.25) is 5.02 Å². The summed E-state index contributed by atoms with van der Waals surface area (Å²) in [6.07, 6.45) is 0. The molecule has 122 valence electrons. The standard InChI is InChI=1S/C17H12ClFN2O2S/c18-15-12-6-1-2-7-13(12)24-16(15)17(23)20-9-14(22)21-11-5-3-4-10(19)8-11/h1-8H,9H2,(H,20,23)(H,21,22). The Hall–Kier alpha value is -2.44. The molecule has 3 rings (SSSR count). The average molecular weight is 363 g/mol. The third-order valence-electron chi connectivity index (χ3n) is 3.26. The molecule has 0 saturated carbocycles. The van der Waals surface area contributed by atoms with Gasteiger partial charge in [0.1, 0.15) is 10.7 Å². The molecule has 0 spiro atoms. The minimum absolute atomic E-state index is 0.236. The summed E-state index contributed by atoms with van der Waals surface area (Å²) in [6.45, 7) is -0.236. The number of benzene rings is 2. The minimum Gasteiger partial charge on any atom is -0.342 e. The Kier molecular flexibility index (Phi) is 4.78. The Morgan fingerprint density at radius 3 is 2.67 bits per heavy atom. The normalized spacial score (nSPS) is 10.6. The highest BCUT2D eigenvalue weighted by atomic mass is 35.5. The van der Waals surface area contributed by atoms with Gasteiger partial charge in [-0.05, 0) is 24.3 Å². The van der Waals surface area contributed by atoms with Crippen molar-refractivity contribution in [2.75, 3.05) is 11.9 Å². The fourth-order valence-corrected chi connectivity index (χ4v) is 3.61. The van der Waals surface area contributed by atoms with Gasteiger partial charge in [-0.3, -0.25) is 9.59 Å². The van der Waals surface area contributed by atoms with Crippen molar-refractivity contribution >= 4 is 50.5 Å². The van der Waals surface area contributed by atoms with Gasteiger partial charge in [-0.25, -0.2) is 4.39 Å². The van der Waals surface area contributed by atoms with E-state index in [4.69, 9.17) is 11.6 Å². The predicted molar refractivity (Wildman–Crippen MR) is 94.2 cm³/mol. The molecule has 0 aliphatic rings. The number of halogens is 2. The van der Waals surface area contributed by atoms with E-state index in [1.54, 1.807) is 6.07 Å². The molecule has 7 heteroatoms. The van der Waals surface area contributed by atoms with Crippen LogP contribution in [0.4, 0.5) is 10.1 Å². The second-order valence-corrected chi connectivity index (χ2v) is 6.41. The molecular formula is C17H12ClFN2O2S. The molecular weight excluding hydrogens is 351 g/mol. The zero-order valence-corrected chi connectivity index (χ0v) is 13.9. The number of hydrogen-bond donors (Lipinski definition) is 2. The molecule has 0 aliphatic heterocycles. The Balaban J connectivity index is 1.64. The summed E-state index contributed by atoms with van der Waals surface area (Å²) in [6, 6.07) is 12.9. The van der Waals surface area contributed by atoms with E-state index >= 15 is 0 Å². The van der Waals surface area contributed by atoms with Crippen LogP contribution in [0, 0.1) is 5.82 Å². The largest absolute Gasteiger partial charge is 0.342 e. The summed E-state index contributed by atoms with van der Waals surface area (Å²) in [7, 11) is 0. The highest BCUT2D eigenvalue weighted by molar-refractivity contribution is 7.21. The van der Waals surface area contributed by atoms with E-state index in [2.05, 4.69) is 10.6 Å². The van der Waals surface area contributed by atoms with E-state index in [0.717, 1.165) is 10.1 Å². The first-order valence-corrected chi connectivity index (χ1v) is 8.24. The quantitative estimate of drug-likeness (QED) is 0.735. The smallest absolute Gasteiger partial charge is 0.263 e. The highest BCUT2D eigenvalue weighted by Crippen LogP contribution is 2.34. The maximum Gasteiger partial charge on any atom is 0.263 e. The fourth-order valence-electron chi connectivity index (χ4n) is 2.17. The highest BCUT2D eigenvalue weighted by Gasteiger charge is 2.17.